The number of likely N-dealkylation sites (tertiary alicyclic amines) is 1. The third-order valence-corrected chi connectivity index (χ3v) is 4.34. The van der Waals surface area contributed by atoms with E-state index in [-0.39, 0.29) is 6.61 Å². The highest BCUT2D eigenvalue weighted by Crippen LogP contribution is 2.23. The monoisotopic (exact) mass is 240 g/mol. The number of aliphatic hydroxyl groups is 1. The Bertz CT molecular complexity index is 319. The number of hydrogen-bond acceptors (Lipinski definition) is 4. The predicted molar refractivity (Wildman–Crippen MR) is 66.8 cm³/mol. The van der Waals surface area contributed by atoms with Crippen molar-refractivity contribution in [1.29, 1.82) is 0 Å². The van der Waals surface area contributed by atoms with Crippen LogP contribution in [-0.4, -0.2) is 41.7 Å². The summed E-state index contributed by atoms with van der Waals surface area (Å²) in [6.07, 6.45) is 6.40. The number of aliphatic hydroxyl groups excluding tert-OH is 1. The van der Waals surface area contributed by atoms with Gasteiger partial charge in [0.25, 0.3) is 0 Å². The molecule has 0 saturated carbocycles. The van der Waals surface area contributed by atoms with Crippen molar-refractivity contribution >= 4 is 11.3 Å². The van der Waals surface area contributed by atoms with Gasteiger partial charge in [-0.2, -0.15) is 0 Å². The Balaban J connectivity index is 1.83. The molecule has 1 aliphatic rings. The molecule has 3 nitrogen and oxygen atoms in total. The van der Waals surface area contributed by atoms with Gasteiger partial charge in [-0.1, -0.05) is 0 Å². The van der Waals surface area contributed by atoms with Gasteiger partial charge in [0.05, 0.1) is 5.01 Å². The molecule has 90 valence electrons. The predicted octanol–water partition coefficient (Wildman–Crippen LogP) is 1.56. The van der Waals surface area contributed by atoms with Gasteiger partial charge in [-0.05, 0) is 38.9 Å². The number of thiazole rings is 1. The summed E-state index contributed by atoms with van der Waals surface area (Å²) in [4.78, 5) is 8.05. The lowest BCUT2D eigenvalue weighted by atomic mass is 9.94. The molecule has 4 heteroatoms. The Morgan fingerprint density at radius 1 is 1.50 bits per heavy atom. The summed E-state index contributed by atoms with van der Waals surface area (Å²) in [6, 6.07) is 0. The third kappa shape index (κ3) is 3.27. The standard InChI is InChI=1S/C12H20N2OS/c1-14-5-2-10(3-6-14)8-12-13-9-11(16-12)4-7-15/h9-10,15H,2-8H2,1H3. The van der Waals surface area contributed by atoms with Crippen LogP contribution < -0.4 is 0 Å². The molecule has 0 amide bonds. The van der Waals surface area contributed by atoms with Crippen molar-refractivity contribution in [3.8, 4) is 0 Å². The number of rotatable bonds is 4. The summed E-state index contributed by atoms with van der Waals surface area (Å²) in [5.41, 5.74) is 0. The fraction of sp³-hybridized carbons (Fsp3) is 0.750. The van der Waals surface area contributed by atoms with E-state index in [9.17, 15) is 0 Å². The molecule has 1 aromatic rings. The molecular weight excluding hydrogens is 220 g/mol. The van der Waals surface area contributed by atoms with Crippen molar-refractivity contribution in [3.63, 3.8) is 0 Å². The van der Waals surface area contributed by atoms with E-state index >= 15 is 0 Å². The molecule has 2 heterocycles. The summed E-state index contributed by atoms with van der Waals surface area (Å²) in [6.45, 7) is 2.68. The number of aromatic nitrogens is 1. The van der Waals surface area contributed by atoms with Crippen LogP contribution in [0.15, 0.2) is 6.20 Å². The summed E-state index contributed by atoms with van der Waals surface area (Å²) in [7, 11) is 2.19. The van der Waals surface area contributed by atoms with E-state index in [1.54, 1.807) is 11.3 Å². The molecular formula is C12H20N2OS. The second-order valence-corrected chi connectivity index (χ2v) is 5.84. The maximum absolute atomic E-state index is 8.85. The Hall–Kier alpha value is -0.450. The first-order chi connectivity index (χ1) is 7.78. The van der Waals surface area contributed by atoms with Gasteiger partial charge in [-0.25, -0.2) is 4.98 Å². The Kier molecular flexibility index (Phi) is 4.32. The van der Waals surface area contributed by atoms with Crippen LogP contribution in [0, 0.1) is 5.92 Å². The van der Waals surface area contributed by atoms with E-state index < -0.39 is 0 Å². The second-order valence-electron chi connectivity index (χ2n) is 4.64. The minimum atomic E-state index is 0.232. The summed E-state index contributed by atoms with van der Waals surface area (Å²) in [5.74, 6) is 0.810. The summed E-state index contributed by atoms with van der Waals surface area (Å²) >= 11 is 1.77. The second kappa shape index (κ2) is 5.75. The van der Waals surface area contributed by atoms with Gasteiger partial charge in [0.1, 0.15) is 0 Å². The fourth-order valence-corrected chi connectivity index (χ4v) is 3.21. The fourth-order valence-electron chi connectivity index (χ4n) is 2.18. The summed E-state index contributed by atoms with van der Waals surface area (Å²) < 4.78 is 0. The van der Waals surface area contributed by atoms with E-state index in [0.29, 0.717) is 0 Å². The van der Waals surface area contributed by atoms with Gasteiger partial charge in [0.15, 0.2) is 0 Å². The van der Waals surface area contributed by atoms with Crippen molar-refractivity contribution in [3.05, 3.63) is 16.1 Å². The maximum Gasteiger partial charge on any atom is 0.0930 e. The van der Waals surface area contributed by atoms with Gasteiger partial charge in [0, 0.05) is 30.5 Å². The van der Waals surface area contributed by atoms with Gasteiger partial charge in [-0.3, -0.25) is 0 Å². The molecule has 0 radical (unpaired) electrons. The van der Waals surface area contributed by atoms with Crippen LogP contribution in [0.25, 0.3) is 0 Å². The van der Waals surface area contributed by atoms with Crippen LogP contribution in [0.3, 0.4) is 0 Å². The quantitative estimate of drug-likeness (QED) is 0.867. The SMILES string of the molecule is CN1CCC(Cc2ncc(CCO)s2)CC1. The van der Waals surface area contributed by atoms with Gasteiger partial charge < -0.3 is 10.0 Å². The highest BCUT2D eigenvalue weighted by Gasteiger charge is 2.18. The molecule has 2 rings (SSSR count). The average Bonchev–Trinajstić information content (AvgIpc) is 2.70. The zero-order chi connectivity index (χ0) is 11.4. The van der Waals surface area contributed by atoms with Crippen molar-refractivity contribution in [1.82, 2.24) is 9.88 Å². The first kappa shape index (κ1) is 12.0. The third-order valence-electron chi connectivity index (χ3n) is 3.26. The van der Waals surface area contributed by atoms with Gasteiger partial charge in [0.2, 0.25) is 0 Å². The summed E-state index contributed by atoms with van der Waals surface area (Å²) in [5, 5.41) is 10.1. The molecule has 0 atom stereocenters. The zero-order valence-electron chi connectivity index (χ0n) is 9.85. The lowest BCUT2D eigenvalue weighted by molar-refractivity contribution is 0.219. The van der Waals surface area contributed by atoms with E-state index in [1.165, 1.54) is 35.8 Å². The minimum absolute atomic E-state index is 0.232. The van der Waals surface area contributed by atoms with Gasteiger partial charge in [-0.15, -0.1) is 11.3 Å². The molecule has 1 aromatic heterocycles. The van der Waals surface area contributed by atoms with Crippen molar-refractivity contribution in [2.24, 2.45) is 5.92 Å². The molecule has 0 aliphatic carbocycles. The minimum Gasteiger partial charge on any atom is -0.396 e. The zero-order valence-corrected chi connectivity index (χ0v) is 10.7. The maximum atomic E-state index is 8.85. The van der Waals surface area contributed by atoms with E-state index in [0.717, 1.165) is 18.8 Å². The number of nitrogens with zero attached hydrogens (tertiary/aromatic N) is 2. The number of piperidine rings is 1. The Morgan fingerprint density at radius 2 is 2.25 bits per heavy atom. The van der Waals surface area contributed by atoms with E-state index in [4.69, 9.17) is 5.11 Å². The first-order valence-corrected chi connectivity index (χ1v) is 6.82. The topological polar surface area (TPSA) is 36.4 Å². The molecule has 1 N–H and O–H groups in total. The molecule has 1 saturated heterocycles. The lowest BCUT2D eigenvalue weighted by Crippen LogP contribution is -2.30. The van der Waals surface area contributed by atoms with Crippen molar-refractivity contribution < 1.29 is 5.11 Å². The van der Waals surface area contributed by atoms with Crippen LogP contribution >= 0.6 is 11.3 Å². The highest BCUT2D eigenvalue weighted by molar-refractivity contribution is 7.11. The van der Waals surface area contributed by atoms with Crippen LogP contribution in [-0.2, 0) is 12.8 Å². The van der Waals surface area contributed by atoms with Crippen LogP contribution in [0.5, 0.6) is 0 Å². The highest BCUT2D eigenvalue weighted by atomic mass is 32.1. The Labute approximate surface area is 101 Å². The first-order valence-electron chi connectivity index (χ1n) is 6.01. The lowest BCUT2D eigenvalue weighted by Gasteiger charge is -2.28. The normalized spacial score (nSPS) is 19.1. The smallest absolute Gasteiger partial charge is 0.0930 e. The molecule has 1 fully saturated rings. The number of hydrogen-bond donors (Lipinski definition) is 1. The van der Waals surface area contributed by atoms with Crippen molar-refractivity contribution in [2.45, 2.75) is 25.7 Å². The Morgan fingerprint density at radius 3 is 2.94 bits per heavy atom. The van der Waals surface area contributed by atoms with Crippen LogP contribution in [0.4, 0.5) is 0 Å². The molecule has 0 bridgehead atoms. The molecule has 0 unspecified atom stereocenters. The molecule has 16 heavy (non-hydrogen) atoms. The van der Waals surface area contributed by atoms with Crippen molar-refractivity contribution in [2.75, 3.05) is 26.7 Å². The van der Waals surface area contributed by atoms with Crippen LogP contribution in [0.2, 0.25) is 0 Å². The van der Waals surface area contributed by atoms with E-state index in [1.807, 2.05) is 6.20 Å². The van der Waals surface area contributed by atoms with Gasteiger partial charge >= 0.3 is 0 Å². The van der Waals surface area contributed by atoms with E-state index in [2.05, 4.69) is 16.9 Å². The molecule has 0 spiro atoms. The largest absolute Gasteiger partial charge is 0.396 e. The molecule has 0 aromatic carbocycles. The van der Waals surface area contributed by atoms with Crippen LogP contribution in [0.1, 0.15) is 22.7 Å². The molecule has 1 aliphatic heterocycles. The average molecular weight is 240 g/mol.